The highest BCUT2D eigenvalue weighted by Crippen LogP contribution is 2.28. The average molecular weight is 253 g/mol. The second-order valence-electron chi connectivity index (χ2n) is 5.74. The molecular weight excluding hydrogens is 230 g/mol. The van der Waals surface area contributed by atoms with E-state index in [4.69, 9.17) is 5.73 Å². The Kier molecular flexibility index (Phi) is 4.06. The highest BCUT2D eigenvalue weighted by Gasteiger charge is 2.25. The molecule has 1 unspecified atom stereocenters. The van der Waals surface area contributed by atoms with Crippen LogP contribution in [0.4, 0.5) is 0 Å². The van der Waals surface area contributed by atoms with Crippen molar-refractivity contribution in [3.8, 4) is 0 Å². The molecule has 0 radical (unpaired) electrons. The van der Waals surface area contributed by atoms with E-state index in [2.05, 4.69) is 69.3 Å². The predicted molar refractivity (Wildman–Crippen MR) is 82.5 cm³/mol. The summed E-state index contributed by atoms with van der Waals surface area (Å²) < 4.78 is 0. The zero-order chi connectivity index (χ0) is 13.9. The number of hydrogen-bond donors (Lipinski definition) is 1. The Morgan fingerprint density at radius 2 is 1.68 bits per heavy atom. The Bertz CT molecular complexity index is 545. The van der Waals surface area contributed by atoms with Gasteiger partial charge in [-0.3, -0.25) is 0 Å². The molecule has 0 aromatic heterocycles. The molecule has 2 N–H and O–H groups in total. The van der Waals surface area contributed by atoms with Crippen molar-refractivity contribution in [2.75, 3.05) is 6.54 Å². The number of aryl methyl sites for hydroxylation is 2. The molecule has 1 atom stereocenters. The van der Waals surface area contributed by atoms with Crippen LogP contribution in [0.3, 0.4) is 0 Å². The Hall–Kier alpha value is -1.60. The van der Waals surface area contributed by atoms with Gasteiger partial charge in [-0.15, -0.1) is 0 Å². The smallest absolute Gasteiger partial charge is 0.00877 e. The van der Waals surface area contributed by atoms with Crippen molar-refractivity contribution in [2.45, 2.75) is 32.6 Å². The SMILES string of the molecule is Cc1ccc(C)c(CC(C)(CN)c2ccccc2)c1. The first-order valence-electron chi connectivity index (χ1n) is 6.87. The topological polar surface area (TPSA) is 26.0 Å². The van der Waals surface area contributed by atoms with Crippen LogP contribution in [0.5, 0.6) is 0 Å². The van der Waals surface area contributed by atoms with Gasteiger partial charge < -0.3 is 5.73 Å². The Morgan fingerprint density at radius 1 is 1.00 bits per heavy atom. The minimum absolute atomic E-state index is 0.000185. The summed E-state index contributed by atoms with van der Waals surface area (Å²) in [6.07, 6.45) is 0.987. The quantitative estimate of drug-likeness (QED) is 0.882. The van der Waals surface area contributed by atoms with E-state index in [0.717, 1.165) is 6.42 Å². The van der Waals surface area contributed by atoms with E-state index >= 15 is 0 Å². The van der Waals surface area contributed by atoms with Crippen molar-refractivity contribution in [2.24, 2.45) is 5.73 Å². The van der Waals surface area contributed by atoms with E-state index in [1.54, 1.807) is 0 Å². The number of hydrogen-bond acceptors (Lipinski definition) is 1. The molecule has 0 saturated carbocycles. The summed E-state index contributed by atoms with van der Waals surface area (Å²) in [7, 11) is 0. The number of nitrogens with two attached hydrogens (primary N) is 1. The molecule has 2 rings (SSSR count). The fourth-order valence-electron chi connectivity index (χ4n) is 2.54. The van der Waals surface area contributed by atoms with Crippen LogP contribution in [0.15, 0.2) is 48.5 Å². The molecule has 0 heterocycles. The average Bonchev–Trinajstić information content (AvgIpc) is 2.44. The fraction of sp³-hybridized carbons (Fsp3) is 0.333. The maximum Gasteiger partial charge on any atom is 0.00877 e. The van der Waals surface area contributed by atoms with Gasteiger partial charge in [-0.05, 0) is 37.0 Å². The van der Waals surface area contributed by atoms with Crippen LogP contribution in [-0.4, -0.2) is 6.54 Å². The summed E-state index contributed by atoms with van der Waals surface area (Å²) in [6.45, 7) is 7.23. The van der Waals surface area contributed by atoms with Gasteiger partial charge in [0.25, 0.3) is 0 Å². The fourth-order valence-corrected chi connectivity index (χ4v) is 2.54. The molecule has 2 aromatic rings. The van der Waals surface area contributed by atoms with Gasteiger partial charge in [0.1, 0.15) is 0 Å². The van der Waals surface area contributed by atoms with Crippen LogP contribution >= 0.6 is 0 Å². The predicted octanol–water partition coefficient (Wildman–Crippen LogP) is 3.76. The van der Waals surface area contributed by atoms with Crippen LogP contribution in [-0.2, 0) is 11.8 Å². The van der Waals surface area contributed by atoms with Crippen molar-refractivity contribution in [1.29, 1.82) is 0 Å². The van der Waals surface area contributed by atoms with Crippen LogP contribution in [0.25, 0.3) is 0 Å². The van der Waals surface area contributed by atoms with Gasteiger partial charge in [-0.2, -0.15) is 0 Å². The van der Waals surface area contributed by atoms with Gasteiger partial charge in [0, 0.05) is 12.0 Å². The lowest BCUT2D eigenvalue weighted by atomic mass is 9.76. The monoisotopic (exact) mass is 253 g/mol. The molecule has 0 bridgehead atoms. The highest BCUT2D eigenvalue weighted by atomic mass is 14.6. The summed E-state index contributed by atoms with van der Waals surface area (Å²) in [5, 5.41) is 0. The highest BCUT2D eigenvalue weighted by molar-refractivity contribution is 5.35. The first kappa shape index (κ1) is 13.8. The van der Waals surface area contributed by atoms with Gasteiger partial charge in [0.05, 0.1) is 0 Å². The maximum atomic E-state index is 6.08. The lowest BCUT2D eigenvalue weighted by Crippen LogP contribution is -2.34. The van der Waals surface area contributed by atoms with Gasteiger partial charge >= 0.3 is 0 Å². The Morgan fingerprint density at radius 3 is 2.32 bits per heavy atom. The summed E-state index contributed by atoms with van der Waals surface area (Å²) in [5.74, 6) is 0. The molecule has 19 heavy (non-hydrogen) atoms. The van der Waals surface area contributed by atoms with Gasteiger partial charge in [0.15, 0.2) is 0 Å². The molecule has 0 saturated heterocycles. The molecule has 0 amide bonds. The molecule has 0 aliphatic rings. The molecule has 0 aliphatic heterocycles. The van der Waals surface area contributed by atoms with E-state index < -0.39 is 0 Å². The summed E-state index contributed by atoms with van der Waals surface area (Å²) >= 11 is 0. The van der Waals surface area contributed by atoms with Crippen molar-refractivity contribution >= 4 is 0 Å². The third kappa shape index (κ3) is 3.05. The van der Waals surface area contributed by atoms with Crippen LogP contribution < -0.4 is 5.73 Å². The molecule has 0 aliphatic carbocycles. The lowest BCUT2D eigenvalue weighted by molar-refractivity contribution is 0.480. The number of rotatable bonds is 4. The van der Waals surface area contributed by atoms with E-state index in [0.29, 0.717) is 6.54 Å². The third-order valence-corrected chi connectivity index (χ3v) is 4.01. The van der Waals surface area contributed by atoms with Crippen molar-refractivity contribution < 1.29 is 0 Å². The second-order valence-corrected chi connectivity index (χ2v) is 5.74. The molecular formula is C18H23N. The first-order valence-corrected chi connectivity index (χ1v) is 6.87. The third-order valence-electron chi connectivity index (χ3n) is 4.01. The zero-order valence-electron chi connectivity index (χ0n) is 12.1. The summed E-state index contributed by atoms with van der Waals surface area (Å²) in [6, 6.07) is 17.2. The molecule has 0 fully saturated rings. The van der Waals surface area contributed by atoms with Crippen molar-refractivity contribution in [3.63, 3.8) is 0 Å². The maximum absolute atomic E-state index is 6.08. The van der Waals surface area contributed by atoms with E-state index in [9.17, 15) is 0 Å². The minimum Gasteiger partial charge on any atom is -0.330 e. The normalized spacial score (nSPS) is 14.1. The van der Waals surface area contributed by atoms with Gasteiger partial charge in [-0.25, -0.2) is 0 Å². The minimum atomic E-state index is -0.000185. The van der Waals surface area contributed by atoms with Gasteiger partial charge in [-0.1, -0.05) is 61.0 Å². The van der Waals surface area contributed by atoms with E-state index in [-0.39, 0.29) is 5.41 Å². The molecule has 1 heteroatoms. The van der Waals surface area contributed by atoms with Crippen LogP contribution in [0.1, 0.15) is 29.2 Å². The number of benzene rings is 2. The largest absolute Gasteiger partial charge is 0.330 e. The molecule has 2 aromatic carbocycles. The second kappa shape index (κ2) is 5.58. The standard InChI is InChI=1S/C18H23N/c1-14-9-10-15(2)16(11-14)12-18(3,13-19)17-7-5-4-6-8-17/h4-11H,12-13,19H2,1-3H3. The van der Waals surface area contributed by atoms with Crippen LogP contribution in [0, 0.1) is 13.8 Å². The van der Waals surface area contributed by atoms with Gasteiger partial charge in [0.2, 0.25) is 0 Å². The molecule has 1 nitrogen and oxygen atoms in total. The summed E-state index contributed by atoms with van der Waals surface area (Å²) in [5.41, 5.74) is 11.5. The Balaban J connectivity index is 2.36. The van der Waals surface area contributed by atoms with Crippen molar-refractivity contribution in [3.05, 3.63) is 70.8 Å². The first-order chi connectivity index (χ1) is 9.05. The summed E-state index contributed by atoms with van der Waals surface area (Å²) in [4.78, 5) is 0. The van der Waals surface area contributed by atoms with E-state index in [1.165, 1.54) is 22.3 Å². The lowest BCUT2D eigenvalue weighted by Gasteiger charge is -2.29. The molecule has 0 spiro atoms. The Labute approximate surface area is 116 Å². The van der Waals surface area contributed by atoms with E-state index in [1.807, 2.05) is 0 Å². The van der Waals surface area contributed by atoms with Crippen LogP contribution in [0.2, 0.25) is 0 Å². The molecule has 100 valence electrons. The zero-order valence-corrected chi connectivity index (χ0v) is 12.1. The van der Waals surface area contributed by atoms with Crippen molar-refractivity contribution in [1.82, 2.24) is 0 Å².